The molecule has 0 radical (unpaired) electrons. The minimum absolute atomic E-state index is 0.167. The molecule has 0 aliphatic heterocycles. The van der Waals surface area contributed by atoms with Crippen molar-refractivity contribution >= 4 is 15.9 Å². The maximum absolute atomic E-state index is 13.8. The van der Waals surface area contributed by atoms with E-state index in [-0.39, 0.29) is 11.7 Å². The Kier molecular flexibility index (Phi) is 4.61. The van der Waals surface area contributed by atoms with Gasteiger partial charge in [-0.3, -0.25) is 0 Å². The van der Waals surface area contributed by atoms with Crippen molar-refractivity contribution in [1.82, 2.24) is 9.97 Å². The van der Waals surface area contributed by atoms with Gasteiger partial charge in [0.05, 0.1) is 5.69 Å². The minimum Gasteiger partial charge on any atom is -0.330 e. The largest absolute Gasteiger partial charge is 0.330 e. The van der Waals surface area contributed by atoms with E-state index in [2.05, 4.69) is 25.9 Å². The molecule has 1 atom stereocenters. The molecule has 0 aliphatic carbocycles. The Bertz CT molecular complexity index is 574. The van der Waals surface area contributed by atoms with Crippen LogP contribution >= 0.6 is 15.9 Å². The fraction of sp³-hybridized carbons (Fsp3) is 0.286. The van der Waals surface area contributed by atoms with Gasteiger partial charge in [-0.05, 0) is 37.2 Å². The molecule has 0 spiro atoms. The van der Waals surface area contributed by atoms with Crippen LogP contribution in [0, 0.1) is 5.82 Å². The number of hydrogen-bond acceptors (Lipinski definition) is 3. The molecule has 2 N–H and O–H groups in total. The third-order valence-electron chi connectivity index (χ3n) is 2.92. The van der Waals surface area contributed by atoms with Crippen LogP contribution in [0.1, 0.15) is 25.1 Å². The number of aromatic nitrogens is 2. The van der Waals surface area contributed by atoms with E-state index in [1.807, 2.05) is 6.92 Å². The van der Waals surface area contributed by atoms with Crippen LogP contribution in [-0.4, -0.2) is 16.5 Å². The summed E-state index contributed by atoms with van der Waals surface area (Å²) in [7, 11) is 0. The maximum atomic E-state index is 13.8. The number of nitrogens with zero attached hydrogens (tertiary/aromatic N) is 2. The van der Waals surface area contributed by atoms with E-state index in [9.17, 15) is 4.39 Å². The first-order chi connectivity index (χ1) is 9.11. The zero-order chi connectivity index (χ0) is 13.8. The Hall–Kier alpha value is -1.33. The first-order valence-electron chi connectivity index (χ1n) is 6.10. The molecule has 0 fully saturated rings. The molecule has 1 aromatic carbocycles. The molecule has 1 heterocycles. The summed E-state index contributed by atoms with van der Waals surface area (Å²) in [5.41, 5.74) is 6.60. The van der Waals surface area contributed by atoms with Gasteiger partial charge in [0.2, 0.25) is 0 Å². The molecule has 100 valence electrons. The van der Waals surface area contributed by atoms with Crippen LogP contribution in [-0.2, 0) is 0 Å². The molecular weight excluding hydrogens is 309 g/mol. The van der Waals surface area contributed by atoms with E-state index < -0.39 is 0 Å². The second-order valence-electron chi connectivity index (χ2n) is 4.40. The Morgan fingerprint density at radius 3 is 2.89 bits per heavy atom. The number of halogens is 2. The second-order valence-corrected chi connectivity index (χ2v) is 5.32. The van der Waals surface area contributed by atoms with E-state index in [4.69, 9.17) is 5.73 Å². The van der Waals surface area contributed by atoms with E-state index in [1.54, 1.807) is 24.4 Å². The fourth-order valence-corrected chi connectivity index (χ4v) is 2.20. The lowest BCUT2D eigenvalue weighted by Gasteiger charge is -2.10. The quantitative estimate of drug-likeness (QED) is 0.936. The molecule has 1 aromatic heterocycles. The van der Waals surface area contributed by atoms with Gasteiger partial charge in [0.1, 0.15) is 11.6 Å². The number of rotatable bonds is 4. The molecule has 0 bridgehead atoms. The van der Waals surface area contributed by atoms with Gasteiger partial charge in [-0.1, -0.05) is 22.9 Å². The lowest BCUT2D eigenvalue weighted by atomic mass is 10.1. The highest BCUT2D eigenvalue weighted by atomic mass is 79.9. The van der Waals surface area contributed by atoms with Crippen molar-refractivity contribution < 1.29 is 4.39 Å². The van der Waals surface area contributed by atoms with Gasteiger partial charge < -0.3 is 5.73 Å². The molecule has 1 unspecified atom stereocenters. The standard InChI is InChI=1S/C14H15BrFN3/c1-9(4-6-17)14-18-7-5-13(19-14)11-8-10(15)2-3-12(11)16/h2-3,5,7-9H,4,6,17H2,1H3. The zero-order valence-electron chi connectivity index (χ0n) is 10.6. The molecule has 0 amide bonds. The zero-order valence-corrected chi connectivity index (χ0v) is 12.2. The lowest BCUT2D eigenvalue weighted by molar-refractivity contribution is 0.627. The van der Waals surface area contributed by atoms with Crippen LogP contribution in [0.15, 0.2) is 34.9 Å². The van der Waals surface area contributed by atoms with E-state index in [1.165, 1.54) is 6.07 Å². The highest BCUT2D eigenvalue weighted by molar-refractivity contribution is 9.10. The molecule has 2 aromatic rings. The molecule has 0 saturated carbocycles. The van der Waals surface area contributed by atoms with Crippen LogP contribution < -0.4 is 5.73 Å². The minimum atomic E-state index is -0.292. The van der Waals surface area contributed by atoms with Crippen LogP contribution in [0.5, 0.6) is 0 Å². The maximum Gasteiger partial charge on any atom is 0.132 e. The van der Waals surface area contributed by atoms with Crippen LogP contribution in [0.25, 0.3) is 11.3 Å². The van der Waals surface area contributed by atoms with E-state index in [0.717, 1.165) is 10.9 Å². The SMILES string of the molecule is CC(CCN)c1nccc(-c2cc(Br)ccc2F)n1. The van der Waals surface area contributed by atoms with Crippen molar-refractivity contribution in [3.8, 4) is 11.3 Å². The fourth-order valence-electron chi connectivity index (χ4n) is 1.83. The van der Waals surface area contributed by atoms with Crippen LogP contribution in [0.4, 0.5) is 4.39 Å². The summed E-state index contributed by atoms with van der Waals surface area (Å²) in [6.45, 7) is 2.60. The highest BCUT2D eigenvalue weighted by Gasteiger charge is 2.12. The third-order valence-corrected chi connectivity index (χ3v) is 3.41. The van der Waals surface area contributed by atoms with Gasteiger partial charge in [0.25, 0.3) is 0 Å². The van der Waals surface area contributed by atoms with E-state index >= 15 is 0 Å². The smallest absolute Gasteiger partial charge is 0.132 e. The summed E-state index contributed by atoms with van der Waals surface area (Å²) in [5, 5.41) is 0. The van der Waals surface area contributed by atoms with E-state index in [0.29, 0.717) is 23.6 Å². The van der Waals surface area contributed by atoms with Gasteiger partial charge in [-0.2, -0.15) is 0 Å². The summed E-state index contributed by atoms with van der Waals surface area (Å²) >= 11 is 3.34. The average molecular weight is 324 g/mol. The highest BCUT2D eigenvalue weighted by Crippen LogP contribution is 2.25. The normalized spacial score (nSPS) is 12.4. The third kappa shape index (κ3) is 3.36. The number of nitrogens with two attached hydrogens (primary N) is 1. The van der Waals surface area contributed by atoms with Gasteiger partial charge in [0, 0.05) is 22.2 Å². The monoisotopic (exact) mass is 323 g/mol. The molecular formula is C14H15BrFN3. The summed E-state index contributed by atoms with van der Waals surface area (Å²) in [5.74, 6) is 0.571. The summed E-state index contributed by atoms with van der Waals surface area (Å²) in [6, 6.07) is 6.51. The lowest BCUT2D eigenvalue weighted by Crippen LogP contribution is -2.08. The van der Waals surface area contributed by atoms with Crippen LogP contribution in [0.2, 0.25) is 0 Å². The predicted octanol–water partition coefficient (Wildman–Crippen LogP) is 3.50. The van der Waals surface area contributed by atoms with Crippen molar-refractivity contribution in [2.45, 2.75) is 19.3 Å². The van der Waals surface area contributed by atoms with Gasteiger partial charge >= 0.3 is 0 Å². The topological polar surface area (TPSA) is 51.8 Å². The first kappa shape index (κ1) is 14.1. The Morgan fingerprint density at radius 2 is 2.16 bits per heavy atom. The van der Waals surface area contributed by atoms with Crippen molar-refractivity contribution in [1.29, 1.82) is 0 Å². The first-order valence-corrected chi connectivity index (χ1v) is 6.89. The Labute approximate surface area is 120 Å². The van der Waals surface area contributed by atoms with Crippen molar-refractivity contribution in [3.63, 3.8) is 0 Å². The molecule has 0 aliphatic rings. The van der Waals surface area contributed by atoms with Gasteiger partial charge in [-0.15, -0.1) is 0 Å². The Morgan fingerprint density at radius 1 is 1.37 bits per heavy atom. The van der Waals surface area contributed by atoms with Gasteiger partial charge in [0.15, 0.2) is 0 Å². The predicted molar refractivity (Wildman–Crippen MR) is 77.2 cm³/mol. The van der Waals surface area contributed by atoms with Crippen LogP contribution in [0.3, 0.4) is 0 Å². The number of hydrogen-bond donors (Lipinski definition) is 1. The molecule has 2 rings (SSSR count). The summed E-state index contributed by atoms with van der Waals surface area (Å²) < 4.78 is 14.7. The molecule has 3 nitrogen and oxygen atoms in total. The van der Waals surface area contributed by atoms with Crippen molar-refractivity contribution in [2.75, 3.05) is 6.54 Å². The summed E-state index contributed by atoms with van der Waals surface area (Å²) in [6.07, 6.45) is 2.47. The van der Waals surface area contributed by atoms with Crippen molar-refractivity contribution in [3.05, 3.63) is 46.6 Å². The number of benzene rings is 1. The average Bonchev–Trinajstić information content (AvgIpc) is 2.42. The summed E-state index contributed by atoms with van der Waals surface area (Å²) in [4.78, 5) is 8.67. The molecule has 0 saturated heterocycles. The second kappa shape index (κ2) is 6.21. The molecule has 19 heavy (non-hydrogen) atoms. The van der Waals surface area contributed by atoms with Gasteiger partial charge in [-0.25, -0.2) is 14.4 Å². The van der Waals surface area contributed by atoms with Crippen molar-refractivity contribution in [2.24, 2.45) is 5.73 Å². The molecule has 5 heteroatoms. The Balaban J connectivity index is 2.40.